The van der Waals surface area contributed by atoms with Crippen molar-refractivity contribution in [1.29, 1.82) is 0 Å². The summed E-state index contributed by atoms with van der Waals surface area (Å²) in [4.78, 5) is 0. The predicted molar refractivity (Wildman–Crippen MR) is 44.5 cm³/mol. The highest BCUT2D eigenvalue weighted by Gasteiger charge is 1.90. The van der Waals surface area contributed by atoms with Crippen molar-refractivity contribution in [2.75, 3.05) is 0 Å². The second-order valence-electron chi connectivity index (χ2n) is 2.62. The van der Waals surface area contributed by atoms with E-state index in [9.17, 15) is 0 Å². The molecular weight excluding hydrogens is 120 g/mol. The summed E-state index contributed by atoms with van der Waals surface area (Å²) in [7, 11) is 0. The lowest BCUT2D eigenvalue weighted by molar-refractivity contribution is 0.973. The van der Waals surface area contributed by atoms with Crippen molar-refractivity contribution < 1.29 is 0 Å². The Balaban J connectivity index is 2.77. The maximum absolute atomic E-state index is 3.12. The van der Waals surface area contributed by atoms with Crippen LogP contribution in [0.25, 0.3) is 0 Å². The molecule has 1 unspecified atom stereocenters. The van der Waals surface area contributed by atoms with Gasteiger partial charge in [-0.1, -0.05) is 35.6 Å². The van der Waals surface area contributed by atoms with Crippen molar-refractivity contribution >= 4 is 0 Å². The third-order valence-electron chi connectivity index (χ3n) is 1.50. The molecule has 1 aliphatic carbocycles. The Morgan fingerprint density at radius 3 is 3.20 bits per heavy atom. The molecule has 1 rings (SSSR count). The smallest absolute Gasteiger partial charge is 0.0357 e. The van der Waals surface area contributed by atoms with Gasteiger partial charge in [0, 0.05) is 12.3 Å². The summed E-state index contributed by atoms with van der Waals surface area (Å²) in [6.07, 6.45) is 7.33. The molecule has 10 heavy (non-hydrogen) atoms. The van der Waals surface area contributed by atoms with E-state index in [0.29, 0.717) is 5.92 Å². The Morgan fingerprint density at radius 1 is 1.60 bits per heavy atom. The van der Waals surface area contributed by atoms with Crippen LogP contribution in [0.3, 0.4) is 0 Å². The van der Waals surface area contributed by atoms with Crippen LogP contribution in [0.1, 0.15) is 20.3 Å². The van der Waals surface area contributed by atoms with Gasteiger partial charge in [-0.3, -0.25) is 0 Å². The molecule has 0 spiro atoms. The summed E-state index contributed by atoms with van der Waals surface area (Å²) in [5.41, 5.74) is 1.32. The van der Waals surface area contributed by atoms with Crippen LogP contribution in [0.4, 0.5) is 0 Å². The summed E-state index contributed by atoms with van der Waals surface area (Å²) in [6, 6.07) is 0. The molecule has 0 heteroatoms. The van der Waals surface area contributed by atoms with Gasteiger partial charge in [0.05, 0.1) is 0 Å². The summed E-state index contributed by atoms with van der Waals surface area (Å²) in [6.45, 7) is 4.22. The summed E-state index contributed by atoms with van der Waals surface area (Å²) in [5.74, 6) is 6.63. The Morgan fingerprint density at radius 2 is 2.40 bits per heavy atom. The van der Waals surface area contributed by atoms with Crippen molar-refractivity contribution in [3.05, 3.63) is 23.8 Å². The van der Waals surface area contributed by atoms with E-state index < -0.39 is 0 Å². The highest BCUT2D eigenvalue weighted by Crippen LogP contribution is 2.04. The molecule has 0 aromatic rings. The third-order valence-corrected chi connectivity index (χ3v) is 1.50. The van der Waals surface area contributed by atoms with Crippen LogP contribution in [-0.4, -0.2) is 0 Å². The van der Waals surface area contributed by atoms with Crippen molar-refractivity contribution in [1.82, 2.24) is 0 Å². The van der Waals surface area contributed by atoms with Gasteiger partial charge in [-0.15, -0.1) is 0 Å². The summed E-state index contributed by atoms with van der Waals surface area (Å²) >= 11 is 0. The van der Waals surface area contributed by atoms with E-state index in [4.69, 9.17) is 0 Å². The molecule has 52 valence electrons. The first kappa shape index (κ1) is 7.15. The first-order chi connectivity index (χ1) is 4.79. The minimum absolute atomic E-state index is 0.420. The van der Waals surface area contributed by atoms with Crippen molar-refractivity contribution in [2.24, 2.45) is 5.92 Å². The van der Waals surface area contributed by atoms with E-state index in [1.54, 1.807) is 0 Å². The molecule has 0 aliphatic heterocycles. The van der Waals surface area contributed by atoms with Gasteiger partial charge in [0.2, 0.25) is 0 Å². The Bertz CT molecular complexity index is 220. The minimum Gasteiger partial charge on any atom is -0.0985 e. The average molecular weight is 132 g/mol. The van der Waals surface area contributed by atoms with Gasteiger partial charge in [0.1, 0.15) is 0 Å². The Hall–Kier alpha value is -0.960. The van der Waals surface area contributed by atoms with Gasteiger partial charge in [-0.25, -0.2) is 0 Å². The fraction of sp³-hybridized carbons (Fsp3) is 0.400. The molecule has 0 heterocycles. The van der Waals surface area contributed by atoms with Crippen LogP contribution in [0.15, 0.2) is 23.8 Å². The monoisotopic (exact) mass is 132 g/mol. The van der Waals surface area contributed by atoms with Gasteiger partial charge < -0.3 is 0 Å². The second-order valence-corrected chi connectivity index (χ2v) is 2.62. The minimum atomic E-state index is 0.420. The second kappa shape index (κ2) is 3.27. The van der Waals surface area contributed by atoms with Gasteiger partial charge in [0.25, 0.3) is 0 Å². The quantitative estimate of drug-likeness (QED) is 0.444. The number of hydrogen-bond acceptors (Lipinski definition) is 0. The van der Waals surface area contributed by atoms with Crippen molar-refractivity contribution in [3.8, 4) is 11.8 Å². The van der Waals surface area contributed by atoms with E-state index in [-0.39, 0.29) is 0 Å². The van der Waals surface area contributed by atoms with E-state index in [0.717, 1.165) is 6.42 Å². The predicted octanol–water partition coefficient (Wildman–Crippen LogP) is 2.53. The molecule has 0 radical (unpaired) electrons. The Labute approximate surface area is 62.6 Å². The van der Waals surface area contributed by atoms with E-state index in [1.807, 2.05) is 0 Å². The molecular formula is C10H12. The lowest BCUT2D eigenvalue weighted by Crippen LogP contribution is -1.85. The normalized spacial score (nSPS) is 32.2. The fourth-order valence-electron chi connectivity index (χ4n) is 0.844. The third kappa shape index (κ3) is 2.11. The molecule has 0 N–H and O–H groups in total. The average Bonchev–Trinajstić information content (AvgIpc) is 1.90. The van der Waals surface area contributed by atoms with Crippen molar-refractivity contribution in [3.63, 3.8) is 0 Å². The zero-order chi connectivity index (χ0) is 7.40. The number of rotatable bonds is 0. The summed E-state index contributed by atoms with van der Waals surface area (Å²) < 4.78 is 0. The van der Waals surface area contributed by atoms with Crippen LogP contribution in [0.5, 0.6) is 0 Å². The number of hydrogen-bond donors (Lipinski definition) is 0. The lowest BCUT2D eigenvalue weighted by atomic mass is 10.1. The maximum atomic E-state index is 3.12. The first-order valence-corrected chi connectivity index (χ1v) is 3.62. The molecule has 0 bridgehead atoms. The van der Waals surface area contributed by atoms with E-state index in [1.165, 1.54) is 5.57 Å². The van der Waals surface area contributed by atoms with E-state index in [2.05, 4.69) is 43.9 Å². The Kier molecular flexibility index (Phi) is 2.34. The van der Waals surface area contributed by atoms with Gasteiger partial charge in [-0.2, -0.15) is 0 Å². The van der Waals surface area contributed by atoms with Gasteiger partial charge >= 0.3 is 0 Å². The number of allylic oxidation sites excluding steroid dienone is 4. The van der Waals surface area contributed by atoms with Gasteiger partial charge in [0.15, 0.2) is 0 Å². The summed E-state index contributed by atoms with van der Waals surface area (Å²) in [5, 5.41) is 0. The van der Waals surface area contributed by atoms with Crippen LogP contribution in [0, 0.1) is 17.8 Å². The fourth-order valence-corrected chi connectivity index (χ4v) is 0.844. The van der Waals surface area contributed by atoms with Crippen LogP contribution in [0.2, 0.25) is 0 Å². The zero-order valence-corrected chi connectivity index (χ0v) is 6.52. The molecule has 0 fully saturated rings. The highest BCUT2D eigenvalue weighted by atomic mass is 13.9. The highest BCUT2D eigenvalue weighted by molar-refractivity contribution is 5.24. The topological polar surface area (TPSA) is 0 Å². The lowest BCUT2D eigenvalue weighted by Gasteiger charge is -1.97. The van der Waals surface area contributed by atoms with Crippen molar-refractivity contribution in [2.45, 2.75) is 20.3 Å². The molecule has 1 aliphatic rings. The molecule has 0 amide bonds. The molecule has 1 atom stereocenters. The first-order valence-electron chi connectivity index (χ1n) is 3.62. The van der Waals surface area contributed by atoms with Crippen LogP contribution < -0.4 is 0 Å². The molecule has 0 saturated carbocycles. The SMILES string of the molecule is CC1=C/CC#CC(C)/C=C\1. The largest absolute Gasteiger partial charge is 0.0985 e. The molecule has 0 aromatic carbocycles. The van der Waals surface area contributed by atoms with E-state index >= 15 is 0 Å². The van der Waals surface area contributed by atoms with Crippen LogP contribution >= 0.6 is 0 Å². The standard InChI is InChI=1S/C10H12/c1-9-5-3-4-6-10(2)8-7-9/h5,7-8,10H,3H2,1-2H3/b8-7-,9-5-. The van der Waals surface area contributed by atoms with Gasteiger partial charge in [-0.05, 0) is 13.8 Å². The zero-order valence-electron chi connectivity index (χ0n) is 6.52. The maximum Gasteiger partial charge on any atom is 0.0357 e. The molecule has 0 saturated heterocycles. The molecule has 0 nitrogen and oxygen atoms in total. The van der Waals surface area contributed by atoms with Crippen LogP contribution in [-0.2, 0) is 0 Å². The molecule has 0 aromatic heterocycles.